The van der Waals surface area contributed by atoms with Gasteiger partial charge >= 0.3 is 12.2 Å². The van der Waals surface area contributed by atoms with Crippen molar-refractivity contribution in [3.05, 3.63) is 143 Å². The number of hydrogen-bond donors (Lipinski definition) is 5. The maximum absolute atomic E-state index is 14.5. The van der Waals surface area contributed by atoms with Crippen LogP contribution in [0.3, 0.4) is 0 Å². The lowest BCUT2D eigenvalue weighted by molar-refractivity contribution is -0.137. The smallest absolute Gasteiger partial charge is 0.416 e. The largest absolute Gasteiger partial charge is 0.493 e. The van der Waals surface area contributed by atoms with Crippen LogP contribution in [0.15, 0.2) is 109 Å². The third kappa shape index (κ3) is 33.7. The first-order valence-corrected chi connectivity index (χ1v) is 46.7. The van der Waals surface area contributed by atoms with E-state index >= 15 is 0 Å². The lowest BCUT2D eigenvalue weighted by Crippen LogP contribution is -2.50. The number of rotatable bonds is 64. The van der Waals surface area contributed by atoms with Gasteiger partial charge in [0.15, 0.2) is 47.0 Å². The molecular formula is C99H134N8O31. The van der Waals surface area contributed by atoms with Crippen LogP contribution in [0.2, 0.25) is 0 Å². The SMILES string of the molecule is C=C1C[C@H]2C(O)N(C(=O)OCc3ccc(CC(=O)[C@H](C)NC(=O)[C@@H](CC(=O)CCOCCOC)C(C)C)cc3)c3cc(OCCCOc4cc5c(cc4OC)C(=O)N4CC(=C)C[C@H]4C(O)N5C(=O)OCc4ccc(CC(=O)[C@H](C)NC(=O)[C@@H](CC(=O)CCOCCOCCOCCOCCOCCOCCOCCOCCNC(=O)CCN5C(=O)C=CC5=O)C(C)C)cc4)c(OC)cc3C(=O)N2C1. The van der Waals surface area contributed by atoms with Crippen molar-refractivity contribution < 1.29 is 148 Å². The van der Waals surface area contributed by atoms with Gasteiger partial charge in [0.05, 0.1) is 200 Å². The van der Waals surface area contributed by atoms with Crippen LogP contribution in [0.4, 0.5) is 21.0 Å². The molecule has 0 saturated carbocycles. The third-order valence-electron chi connectivity index (χ3n) is 23.6. The van der Waals surface area contributed by atoms with Crippen LogP contribution in [0.5, 0.6) is 23.0 Å². The van der Waals surface area contributed by atoms with Crippen LogP contribution < -0.4 is 44.7 Å². The molecule has 8 atom stereocenters. The number of methoxy groups -OCH3 is 3. The Morgan fingerprint density at radius 1 is 0.435 bits per heavy atom. The first kappa shape index (κ1) is 110. The van der Waals surface area contributed by atoms with E-state index in [4.69, 9.17) is 75.8 Å². The maximum atomic E-state index is 14.5. The molecule has 0 aliphatic carbocycles. The summed E-state index contributed by atoms with van der Waals surface area (Å²) in [5.41, 5.74) is 3.47. The van der Waals surface area contributed by atoms with Gasteiger partial charge in [-0.15, -0.1) is 0 Å². The number of imide groups is 1. The van der Waals surface area contributed by atoms with Gasteiger partial charge in [0.1, 0.15) is 24.8 Å². The van der Waals surface area contributed by atoms with Crippen molar-refractivity contribution >= 4 is 88.0 Å². The topological polar surface area (TPSA) is 462 Å². The second kappa shape index (κ2) is 57.2. The minimum absolute atomic E-state index is 0.000729. The Morgan fingerprint density at radius 2 is 0.783 bits per heavy atom. The molecule has 0 aromatic heterocycles. The van der Waals surface area contributed by atoms with Crippen molar-refractivity contribution in [2.24, 2.45) is 23.7 Å². The van der Waals surface area contributed by atoms with Gasteiger partial charge in [-0.3, -0.25) is 57.6 Å². The van der Waals surface area contributed by atoms with Crippen LogP contribution in [0.1, 0.15) is 136 Å². The lowest BCUT2D eigenvalue weighted by Gasteiger charge is -2.31. The summed E-state index contributed by atoms with van der Waals surface area (Å²) in [6.07, 6.45) is -2.30. The van der Waals surface area contributed by atoms with Crippen molar-refractivity contribution in [1.82, 2.24) is 30.7 Å². The Kier molecular flexibility index (Phi) is 45.6. The monoisotopic (exact) mass is 1930 g/mol. The molecule has 5 N–H and O–H groups in total. The number of hydrogen-bond acceptors (Lipinski definition) is 31. The Balaban J connectivity index is 0.669. The van der Waals surface area contributed by atoms with Crippen molar-refractivity contribution in [1.29, 1.82) is 0 Å². The fourth-order valence-corrected chi connectivity index (χ4v) is 15.7. The van der Waals surface area contributed by atoms with Gasteiger partial charge in [-0.1, -0.05) is 101 Å². The van der Waals surface area contributed by atoms with Crippen LogP contribution in [0, 0.1) is 23.7 Å². The van der Waals surface area contributed by atoms with Gasteiger partial charge in [-0.25, -0.2) is 19.4 Å². The predicted octanol–water partition coefficient (Wildman–Crippen LogP) is 6.75. The van der Waals surface area contributed by atoms with Gasteiger partial charge in [-0.2, -0.15) is 0 Å². The Labute approximate surface area is 804 Å². The first-order chi connectivity index (χ1) is 66.4. The normalized spacial score (nSPS) is 17.0. The summed E-state index contributed by atoms with van der Waals surface area (Å²) in [5.74, 6) is -5.24. The molecule has 5 heterocycles. The van der Waals surface area contributed by atoms with Crippen molar-refractivity contribution in [3.8, 4) is 23.0 Å². The van der Waals surface area contributed by atoms with E-state index in [0.29, 0.717) is 132 Å². The molecule has 5 aliphatic heterocycles. The lowest BCUT2D eigenvalue weighted by atomic mass is 9.88. The van der Waals surface area contributed by atoms with Gasteiger partial charge < -0.3 is 112 Å². The number of aliphatic hydroxyl groups is 2. The molecule has 9 rings (SSSR count). The van der Waals surface area contributed by atoms with E-state index in [1.807, 2.05) is 27.7 Å². The van der Waals surface area contributed by atoms with E-state index in [0.717, 1.165) is 14.7 Å². The van der Waals surface area contributed by atoms with Crippen molar-refractivity contribution in [3.63, 3.8) is 0 Å². The number of amides is 9. The number of ether oxygens (including phenoxy) is 16. The average molecular weight is 1930 g/mol. The molecule has 756 valence electrons. The number of anilines is 2. The number of nitrogens with zero attached hydrogens (tertiary/aromatic N) is 5. The van der Waals surface area contributed by atoms with E-state index in [-0.39, 0.29) is 230 Å². The molecule has 2 unspecified atom stereocenters. The zero-order valence-electron chi connectivity index (χ0n) is 80.4. The van der Waals surface area contributed by atoms with Crippen molar-refractivity contribution in [2.45, 2.75) is 156 Å². The molecule has 5 aliphatic rings. The van der Waals surface area contributed by atoms with E-state index < -0.39 is 96.1 Å². The van der Waals surface area contributed by atoms with Crippen LogP contribution in [-0.2, 0) is 126 Å². The number of carbonyl (C=O) groups excluding carboxylic acids is 13. The summed E-state index contributed by atoms with van der Waals surface area (Å²) in [6, 6.07) is 15.5. The summed E-state index contributed by atoms with van der Waals surface area (Å²) in [5, 5.41) is 32.5. The number of aliphatic hydroxyl groups excluding tert-OH is 2. The number of ketones is 4. The zero-order valence-corrected chi connectivity index (χ0v) is 80.4. The summed E-state index contributed by atoms with van der Waals surface area (Å²) in [7, 11) is 4.30. The number of fused-ring (bicyclic) bond motifs is 4. The molecule has 39 heteroatoms. The maximum Gasteiger partial charge on any atom is 0.416 e. The zero-order chi connectivity index (χ0) is 99.7. The summed E-state index contributed by atoms with van der Waals surface area (Å²) in [4.78, 5) is 179. The predicted molar refractivity (Wildman–Crippen MR) is 499 cm³/mol. The third-order valence-corrected chi connectivity index (χ3v) is 23.6. The number of benzene rings is 4. The highest BCUT2D eigenvalue weighted by Crippen LogP contribution is 2.45. The molecule has 9 amide bonds. The minimum atomic E-state index is -1.63. The fraction of sp³-hybridized carbons (Fsp3) is 0.566. The highest BCUT2D eigenvalue weighted by atomic mass is 16.6. The molecule has 4 aromatic carbocycles. The first-order valence-electron chi connectivity index (χ1n) is 46.7. The van der Waals surface area contributed by atoms with Gasteiger partial charge in [0.25, 0.3) is 23.6 Å². The molecule has 2 saturated heterocycles. The fourth-order valence-electron chi connectivity index (χ4n) is 15.7. The van der Waals surface area contributed by atoms with Crippen molar-refractivity contribution in [2.75, 3.05) is 196 Å². The summed E-state index contributed by atoms with van der Waals surface area (Å²) < 4.78 is 90.5. The van der Waals surface area contributed by atoms with E-state index in [9.17, 15) is 72.5 Å². The quantitative estimate of drug-likeness (QED) is 0.0173. The van der Waals surface area contributed by atoms with Gasteiger partial charge in [0.2, 0.25) is 17.7 Å². The molecule has 0 bridgehead atoms. The van der Waals surface area contributed by atoms with E-state index in [1.54, 1.807) is 69.5 Å². The standard InChI is InChI=1S/C99H134N8O31/c1-63(2)75(53-73(108)24-30-126-34-33-123-9)92(115)101-67(7)83(110)51-69-13-17-71(18-14-69)61-137-98(121)106-79-57-87(85(124-10)55-77(79)94(117)104-59-65(5)49-81(104)96(106)119)135-28-12-29-136-88-58-80-78(56-86(88)125-11)95(118)105-60-66(6)50-82(105)97(120)107(80)99(122)138-62-72-19-15-70(16-20-72)52-84(111)68(8)102-93(116)76(64(3)4)54-74(109)25-31-127-35-37-129-39-41-131-43-45-133-47-48-134-46-44-132-42-40-130-38-36-128-32-26-100-89(112)23-27-103-90(113)21-22-91(103)114/h13-22,55-58,63-64,67-68,75-76,81-82,96-97,119-120H,5-6,12,23-54,59-62H2,1-4,7-11H3,(H,100,112)(H,101,115)(H,102,116)/t67-,68-,75-,76-,81-,82-,96?,97?/m0/s1. The second-order valence-corrected chi connectivity index (χ2v) is 34.5. The molecule has 138 heavy (non-hydrogen) atoms. The molecule has 4 aromatic rings. The molecule has 2 fully saturated rings. The average Bonchev–Trinajstić information content (AvgIpc) is 1.59. The van der Waals surface area contributed by atoms with Gasteiger partial charge in [0, 0.05) is 121 Å². The van der Waals surface area contributed by atoms with E-state index in [1.165, 1.54) is 60.4 Å². The Hall–Kier alpha value is -11.5. The van der Waals surface area contributed by atoms with Crippen LogP contribution in [-0.4, -0.2) is 324 Å². The Morgan fingerprint density at radius 3 is 1.14 bits per heavy atom. The molecule has 0 spiro atoms. The summed E-state index contributed by atoms with van der Waals surface area (Å²) >= 11 is 0. The molecule has 0 radical (unpaired) electrons. The number of nitrogens with one attached hydrogen (secondary N) is 3. The number of carbonyl (C=O) groups is 13. The molecular weight excluding hydrogens is 1800 g/mol. The Bertz CT molecular complexity index is 4770. The summed E-state index contributed by atoms with van der Waals surface area (Å²) in [6.45, 7) is 24.8. The highest BCUT2D eigenvalue weighted by molar-refractivity contribution is 6.13. The van der Waals surface area contributed by atoms with Crippen LogP contribution in [0.25, 0.3) is 0 Å². The van der Waals surface area contributed by atoms with Gasteiger partial charge in [-0.05, 0) is 72.9 Å². The van der Waals surface area contributed by atoms with E-state index in [2.05, 4.69) is 29.1 Å². The minimum Gasteiger partial charge on any atom is -0.493 e. The van der Waals surface area contributed by atoms with Crippen LogP contribution >= 0.6 is 0 Å². The second-order valence-electron chi connectivity index (χ2n) is 34.5. The number of Topliss-reactive ketones (excluding diaryl/α,β-unsaturated/α-hetero) is 4. The highest BCUT2D eigenvalue weighted by Gasteiger charge is 2.49. The molecule has 39 nitrogen and oxygen atoms in total.